The highest BCUT2D eigenvalue weighted by atomic mass is 16.6. The van der Waals surface area contributed by atoms with Crippen LogP contribution in [0.25, 0.3) is 0 Å². The van der Waals surface area contributed by atoms with Crippen molar-refractivity contribution in [3.8, 4) is 0 Å². The summed E-state index contributed by atoms with van der Waals surface area (Å²) in [5, 5.41) is 13.9. The number of aryl methyl sites for hydroxylation is 1. The highest BCUT2D eigenvalue weighted by Crippen LogP contribution is 2.38. The molecule has 0 bridgehead atoms. The lowest BCUT2D eigenvalue weighted by molar-refractivity contribution is -0.385. The lowest BCUT2D eigenvalue weighted by atomic mass is 9.98. The Bertz CT molecular complexity index is 923. The molecule has 0 spiro atoms. The number of carbonyl (C=O) groups is 2. The average molecular weight is 337 g/mol. The van der Waals surface area contributed by atoms with Gasteiger partial charge in [0.1, 0.15) is 5.56 Å². The Hall–Kier alpha value is -3.22. The van der Waals surface area contributed by atoms with E-state index in [9.17, 15) is 19.7 Å². The summed E-state index contributed by atoms with van der Waals surface area (Å²) in [7, 11) is 0. The Morgan fingerprint density at radius 3 is 2.60 bits per heavy atom. The molecule has 2 aromatic carbocycles. The number of carbonyl (C=O) groups excluding carboxylic acids is 2. The van der Waals surface area contributed by atoms with Crippen molar-refractivity contribution in [3.05, 3.63) is 63.2 Å². The van der Waals surface area contributed by atoms with E-state index in [1.807, 2.05) is 17.0 Å². The van der Waals surface area contributed by atoms with Gasteiger partial charge in [-0.25, -0.2) is 0 Å². The summed E-state index contributed by atoms with van der Waals surface area (Å²) >= 11 is 0. The van der Waals surface area contributed by atoms with E-state index in [4.69, 9.17) is 0 Å². The van der Waals surface area contributed by atoms with E-state index in [0.717, 1.165) is 23.2 Å². The van der Waals surface area contributed by atoms with E-state index in [0.29, 0.717) is 25.1 Å². The molecule has 126 valence electrons. The smallest absolute Gasteiger partial charge is 0.282 e. The molecule has 0 atom stereocenters. The summed E-state index contributed by atoms with van der Waals surface area (Å²) in [5.41, 5.74) is 3.45. The summed E-state index contributed by atoms with van der Waals surface area (Å²) in [6, 6.07) is 9.58. The van der Waals surface area contributed by atoms with Crippen LogP contribution in [0.3, 0.4) is 0 Å². The summed E-state index contributed by atoms with van der Waals surface area (Å²) in [4.78, 5) is 36.8. The van der Waals surface area contributed by atoms with E-state index >= 15 is 0 Å². The van der Waals surface area contributed by atoms with E-state index < -0.39 is 10.8 Å². The minimum absolute atomic E-state index is 0.0263. The number of nitro groups is 1. The van der Waals surface area contributed by atoms with Gasteiger partial charge in [0.25, 0.3) is 11.6 Å². The monoisotopic (exact) mass is 337 g/mol. The first-order valence-electron chi connectivity index (χ1n) is 8.05. The lowest BCUT2D eigenvalue weighted by Crippen LogP contribution is -2.32. The van der Waals surface area contributed by atoms with Crippen LogP contribution < -0.4 is 10.2 Å². The van der Waals surface area contributed by atoms with Gasteiger partial charge >= 0.3 is 0 Å². The van der Waals surface area contributed by atoms with E-state index in [2.05, 4.69) is 5.32 Å². The average Bonchev–Trinajstić information content (AvgIpc) is 3.03. The molecule has 25 heavy (non-hydrogen) atoms. The predicted octanol–water partition coefficient (Wildman–Crippen LogP) is 2.68. The van der Waals surface area contributed by atoms with Gasteiger partial charge in [-0.05, 0) is 42.2 Å². The van der Waals surface area contributed by atoms with Gasteiger partial charge in [0.05, 0.1) is 10.6 Å². The quantitative estimate of drug-likeness (QED) is 0.688. The van der Waals surface area contributed by atoms with E-state index in [1.54, 1.807) is 6.07 Å². The SMILES string of the molecule is O=C(Nc1cc2c3c(c1)CCN3C(=O)CC2)c1ccccc1[N+](=O)[O-]. The molecule has 0 aliphatic carbocycles. The van der Waals surface area contributed by atoms with Gasteiger partial charge in [-0.2, -0.15) is 0 Å². The standard InChI is InChI=1S/C18H15N3O4/c22-16-6-5-11-9-13(10-12-7-8-20(16)17(11)12)19-18(23)14-3-1-2-4-15(14)21(24)25/h1-4,9-10H,5-8H2,(H,19,23). The maximum absolute atomic E-state index is 12.5. The fourth-order valence-electron chi connectivity index (χ4n) is 3.55. The highest BCUT2D eigenvalue weighted by Gasteiger charge is 2.31. The fraction of sp³-hybridized carbons (Fsp3) is 0.222. The third kappa shape index (κ3) is 2.53. The molecule has 2 aliphatic rings. The zero-order valence-corrected chi connectivity index (χ0v) is 13.3. The first-order chi connectivity index (χ1) is 12.0. The van der Waals surface area contributed by atoms with Crippen LogP contribution in [0.4, 0.5) is 17.1 Å². The van der Waals surface area contributed by atoms with Crippen molar-refractivity contribution in [2.45, 2.75) is 19.3 Å². The van der Waals surface area contributed by atoms with Crippen molar-refractivity contribution in [1.82, 2.24) is 0 Å². The third-order valence-corrected chi connectivity index (χ3v) is 4.65. The molecule has 0 fully saturated rings. The van der Waals surface area contributed by atoms with Gasteiger partial charge in [0, 0.05) is 24.7 Å². The van der Waals surface area contributed by atoms with Gasteiger partial charge < -0.3 is 10.2 Å². The third-order valence-electron chi connectivity index (χ3n) is 4.65. The first-order valence-corrected chi connectivity index (χ1v) is 8.05. The maximum atomic E-state index is 12.5. The molecule has 4 rings (SSSR count). The number of nitrogens with zero attached hydrogens (tertiary/aromatic N) is 2. The molecule has 0 saturated carbocycles. The minimum Gasteiger partial charge on any atom is -0.322 e. The zero-order valence-electron chi connectivity index (χ0n) is 13.3. The van der Waals surface area contributed by atoms with Crippen molar-refractivity contribution >= 4 is 28.9 Å². The maximum Gasteiger partial charge on any atom is 0.282 e. The molecule has 2 aliphatic heterocycles. The molecular weight excluding hydrogens is 322 g/mol. The summed E-state index contributed by atoms with van der Waals surface area (Å²) in [6.07, 6.45) is 1.87. The topological polar surface area (TPSA) is 92.6 Å². The van der Waals surface area contributed by atoms with Gasteiger partial charge in [-0.3, -0.25) is 19.7 Å². The first kappa shape index (κ1) is 15.3. The molecule has 7 heteroatoms. The van der Waals surface area contributed by atoms with Crippen molar-refractivity contribution in [2.75, 3.05) is 16.8 Å². The molecular formula is C18H15N3O4. The number of rotatable bonds is 3. The zero-order chi connectivity index (χ0) is 17.6. The minimum atomic E-state index is -0.565. The Labute approximate surface area is 143 Å². The molecule has 0 saturated heterocycles. The predicted molar refractivity (Wildman–Crippen MR) is 91.9 cm³/mol. The van der Waals surface area contributed by atoms with Crippen LogP contribution in [0.15, 0.2) is 36.4 Å². The fourth-order valence-corrected chi connectivity index (χ4v) is 3.55. The van der Waals surface area contributed by atoms with E-state index in [1.165, 1.54) is 18.2 Å². The normalized spacial score (nSPS) is 15.0. The number of nitro benzene ring substituents is 1. The second-order valence-electron chi connectivity index (χ2n) is 6.17. The van der Waals surface area contributed by atoms with Gasteiger partial charge in [-0.1, -0.05) is 12.1 Å². The van der Waals surface area contributed by atoms with Gasteiger partial charge in [-0.15, -0.1) is 0 Å². The Kier molecular flexibility index (Phi) is 3.49. The molecule has 0 aromatic heterocycles. The Morgan fingerprint density at radius 1 is 1.12 bits per heavy atom. The van der Waals surface area contributed by atoms with Gasteiger partial charge in [0.15, 0.2) is 0 Å². The molecule has 2 aromatic rings. The number of hydrogen-bond acceptors (Lipinski definition) is 4. The van der Waals surface area contributed by atoms with Crippen LogP contribution in [-0.4, -0.2) is 23.3 Å². The molecule has 0 unspecified atom stereocenters. The summed E-state index contributed by atoms with van der Waals surface area (Å²) < 4.78 is 0. The van der Waals surface area contributed by atoms with Crippen LogP contribution in [-0.2, 0) is 17.6 Å². The lowest BCUT2D eigenvalue weighted by Gasteiger charge is -2.25. The number of para-hydroxylation sites is 1. The molecule has 0 radical (unpaired) electrons. The summed E-state index contributed by atoms with van der Waals surface area (Å²) in [6.45, 7) is 0.669. The number of benzene rings is 2. The van der Waals surface area contributed by atoms with Crippen LogP contribution in [0.1, 0.15) is 27.9 Å². The molecule has 7 nitrogen and oxygen atoms in total. The molecule has 1 N–H and O–H groups in total. The summed E-state index contributed by atoms with van der Waals surface area (Å²) in [5.74, 6) is -0.371. The van der Waals surface area contributed by atoms with Crippen LogP contribution >= 0.6 is 0 Å². The van der Waals surface area contributed by atoms with Crippen molar-refractivity contribution in [3.63, 3.8) is 0 Å². The van der Waals surface area contributed by atoms with E-state index in [-0.39, 0.29) is 17.2 Å². The van der Waals surface area contributed by atoms with Crippen LogP contribution in [0.5, 0.6) is 0 Å². The molecule has 2 heterocycles. The Balaban J connectivity index is 1.66. The number of nitrogens with one attached hydrogen (secondary N) is 1. The van der Waals surface area contributed by atoms with Gasteiger partial charge in [0.2, 0.25) is 5.91 Å². The number of hydrogen-bond donors (Lipinski definition) is 1. The highest BCUT2D eigenvalue weighted by molar-refractivity contribution is 6.07. The van der Waals surface area contributed by atoms with Crippen LogP contribution in [0, 0.1) is 10.1 Å². The second-order valence-corrected chi connectivity index (χ2v) is 6.17. The number of anilines is 2. The van der Waals surface area contributed by atoms with Crippen LogP contribution in [0.2, 0.25) is 0 Å². The number of amides is 2. The second kappa shape index (κ2) is 5.70. The van der Waals surface area contributed by atoms with Crippen molar-refractivity contribution in [2.24, 2.45) is 0 Å². The van der Waals surface area contributed by atoms with Crippen molar-refractivity contribution < 1.29 is 14.5 Å². The van der Waals surface area contributed by atoms with Crippen molar-refractivity contribution in [1.29, 1.82) is 0 Å². The molecule has 2 amide bonds. The largest absolute Gasteiger partial charge is 0.322 e. The Morgan fingerprint density at radius 2 is 1.84 bits per heavy atom.